The Morgan fingerprint density at radius 2 is 2.32 bits per heavy atom. The van der Waals surface area contributed by atoms with Gasteiger partial charge in [-0.3, -0.25) is 10.00 Å². The van der Waals surface area contributed by atoms with Crippen molar-refractivity contribution in [1.29, 1.82) is 0 Å². The molecule has 0 aromatic carbocycles. The number of fused-ring (bicyclic) bond motifs is 4. The standard InChI is InChI=1S/C13H19N3O3/c1-13(2,3)19-12(17)16-8-4-10-9(5-14-15-10)11(16)7-18-6-8/h5,8,11H,4,6-7H2,1-3H3,(H,14,15)/t8-,11-/m0/s1. The normalized spacial score (nSPS) is 25.9. The van der Waals surface area contributed by atoms with E-state index in [-0.39, 0.29) is 18.2 Å². The lowest BCUT2D eigenvalue weighted by molar-refractivity contribution is -0.0675. The van der Waals surface area contributed by atoms with Gasteiger partial charge in [0.25, 0.3) is 0 Å². The second-order valence-corrected chi connectivity index (χ2v) is 6.10. The number of morpholine rings is 1. The van der Waals surface area contributed by atoms with Crippen LogP contribution in [0.1, 0.15) is 38.1 Å². The first kappa shape index (κ1) is 12.5. The molecule has 1 aromatic heterocycles. The van der Waals surface area contributed by atoms with Gasteiger partial charge in [-0.15, -0.1) is 0 Å². The summed E-state index contributed by atoms with van der Waals surface area (Å²) in [5.74, 6) is 0. The second kappa shape index (κ2) is 4.23. The highest BCUT2D eigenvalue weighted by atomic mass is 16.6. The molecule has 1 fully saturated rings. The predicted molar refractivity (Wildman–Crippen MR) is 67.7 cm³/mol. The van der Waals surface area contributed by atoms with Gasteiger partial charge in [0, 0.05) is 17.7 Å². The van der Waals surface area contributed by atoms with E-state index in [1.807, 2.05) is 25.7 Å². The molecule has 0 radical (unpaired) electrons. The minimum atomic E-state index is -0.483. The topological polar surface area (TPSA) is 67.4 Å². The van der Waals surface area contributed by atoms with Crippen molar-refractivity contribution in [1.82, 2.24) is 15.1 Å². The molecule has 2 bridgehead atoms. The number of rotatable bonds is 0. The fourth-order valence-corrected chi connectivity index (χ4v) is 2.73. The lowest BCUT2D eigenvalue weighted by Gasteiger charge is -2.45. The summed E-state index contributed by atoms with van der Waals surface area (Å²) in [6.07, 6.45) is 2.26. The quantitative estimate of drug-likeness (QED) is 0.774. The maximum atomic E-state index is 12.4. The van der Waals surface area contributed by atoms with Gasteiger partial charge in [-0.05, 0) is 20.8 Å². The van der Waals surface area contributed by atoms with Crippen molar-refractivity contribution < 1.29 is 14.3 Å². The number of aromatic amines is 1. The third-order valence-electron chi connectivity index (χ3n) is 3.47. The summed E-state index contributed by atoms with van der Waals surface area (Å²) in [6, 6.07) is -0.0577. The van der Waals surface area contributed by atoms with Crippen molar-refractivity contribution in [2.75, 3.05) is 13.2 Å². The van der Waals surface area contributed by atoms with Crippen LogP contribution in [-0.4, -0.2) is 46.0 Å². The van der Waals surface area contributed by atoms with E-state index in [1.165, 1.54) is 0 Å². The van der Waals surface area contributed by atoms with E-state index >= 15 is 0 Å². The van der Waals surface area contributed by atoms with Gasteiger partial charge in [-0.1, -0.05) is 0 Å². The summed E-state index contributed by atoms with van der Waals surface area (Å²) in [5, 5.41) is 7.08. The largest absolute Gasteiger partial charge is 0.444 e. The summed E-state index contributed by atoms with van der Waals surface area (Å²) < 4.78 is 11.1. The van der Waals surface area contributed by atoms with Crippen LogP contribution in [0.2, 0.25) is 0 Å². The van der Waals surface area contributed by atoms with Crippen molar-refractivity contribution in [2.24, 2.45) is 0 Å². The van der Waals surface area contributed by atoms with Gasteiger partial charge in [0.1, 0.15) is 5.60 Å². The lowest BCUT2D eigenvalue weighted by Crippen LogP contribution is -2.55. The highest BCUT2D eigenvalue weighted by Crippen LogP contribution is 2.36. The van der Waals surface area contributed by atoms with Crippen molar-refractivity contribution in [3.63, 3.8) is 0 Å². The zero-order valence-electron chi connectivity index (χ0n) is 11.5. The molecule has 104 valence electrons. The van der Waals surface area contributed by atoms with Crippen LogP contribution in [0.3, 0.4) is 0 Å². The predicted octanol–water partition coefficient (Wildman–Crippen LogP) is 1.64. The summed E-state index contributed by atoms with van der Waals surface area (Å²) >= 11 is 0. The SMILES string of the molecule is CC(C)(C)OC(=O)N1[C@@H]2COC[C@H]1c1cn[nH]c1C2. The molecule has 2 aliphatic heterocycles. The molecule has 1 saturated heterocycles. The van der Waals surface area contributed by atoms with Gasteiger partial charge in [0.2, 0.25) is 0 Å². The molecule has 3 rings (SSSR count). The van der Waals surface area contributed by atoms with Gasteiger partial charge >= 0.3 is 6.09 Å². The number of hydrogen-bond donors (Lipinski definition) is 1. The molecular formula is C13H19N3O3. The van der Waals surface area contributed by atoms with E-state index in [0.717, 1.165) is 17.7 Å². The molecule has 0 saturated carbocycles. The molecule has 6 nitrogen and oxygen atoms in total. The number of nitrogens with zero attached hydrogens (tertiary/aromatic N) is 2. The van der Waals surface area contributed by atoms with E-state index in [0.29, 0.717) is 13.2 Å². The van der Waals surface area contributed by atoms with Crippen molar-refractivity contribution >= 4 is 6.09 Å². The van der Waals surface area contributed by atoms with E-state index in [1.54, 1.807) is 6.20 Å². The number of amides is 1. The second-order valence-electron chi connectivity index (χ2n) is 6.10. The number of hydrogen-bond acceptors (Lipinski definition) is 4. The minimum Gasteiger partial charge on any atom is -0.444 e. The van der Waals surface area contributed by atoms with Crippen molar-refractivity contribution in [3.05, 3.63) is 17.5 Å². The van der Waals surface area contributed by atoms with Crippen LogP contribution in [0.15, 0.2) is 6.20 Å². The van der Waals surface area contributed by atoms with Gasteiger partial charge in [-0.2, -0.15) is 5.10 Å². The van der Waals surface area contributed by atoms with Gasteiger partial charge in [-0.25, -0.2) is 4.79 Å². The zero-order valence-corrected chi connectivity index (χ0v) is 11.5. The smallest absolute Gasteiger partial charge is 0.411 e. The highest BCUT2D eigenvalue weighted by molar-refractivity contribution is 5.70. The number of aromatic nitrogens is 2. The monoisotopic (exact) mass is 265 g/mol. The maximum absolute atomic E-state index is 12.4. The van der Waals surface area contributed by atoms with Crippen LogP contribution in [0.25, 0.3) is 0 Å². The van der Waals surface area contributed by atoms with E-state index in [2.05, 4.69) is 10.2 Å². The molecule has 6 heteroatoms. The molecule has 1 amide bonds. The lowest BCUT2D eigenvalue weighted by atomic mass is 9.93. The average Bonchev–Trinajstić information content (AvgIpc) is 2.73. The molecule has 1 N–H and O–H groups in total. The van der Waals surface area contributed by atoms with Crippen molar-refractivity contribution in [3.8, 4) is 0 Å². The zero-order chi connectivity index (χ0) is 13.6. The molecule has 2 atom stereocenters. The Balaban J connectivity index is 1.88. The molecule has 3 heterocycles. The van der Waals surface area contributed by atoms with E-state index in [4.69, 9.17) is 9.47 Å². The third kappa shape index (κ3) is 2.20. The summed E-state index contributed by atoms with van der Waals surface area (Å²) in [7, 11) is 0. The Bertz CT molecular complexity index is 492. The molecule has 0 aliphatic carbocycles. The van der Waals surface area contributed by atoms with Gasteiger partial charge in [0.15, 0.2) is 0 Å². The minimum absolute atomic E-state index is 0.0292. The molecule has 2 aliphatic rings. The highest BCUT2D eigenvalue weighted by Gasteiger charge is 2.43. The van der Waals surface area contributed by atoms with Crippen LogP contribution in [0.5, 0.6) is 0 Å². The Kier molecular flexibility index (Phi) is 2.78. The fourth-order valence-electron chi connectivity index (χ4n) is 2.73. The number of nitrogens with one attached hydrogen (secondary N) is 1. The van der Waals surface area contributed by atoms with Crippen LogP contribution in [0.4, 0.5) is 4.79 Å². The van der Waals surface area contributed by atoms with Gasteiger partial charge < -0.3 is 9.47 Å². The first-order valence-electron chi connectivity index (χ1n) is 6.57. The van der Waals surface area contributed by atoms with Crippen LogP contribution < -0.4 is 0 Å². The first-order chi connectivity index (χ1) is 8.96. The number of ether oxygens (including phenoxy) is 2. The first-order valence-corrected chi connectivity index (χ1v) is 6.57. The summed E-state index contributed by atoms with van der Waals surface area (Å²) in [5.41, 5.74) is 1.67. The van der Waals surface area contributed by atoms with Crippen LogP contribution in [0, 0.1) is 0 Å². The Morgan fingerprint density at radius 1 is 1.53 bits per heavy atom. The van der Waals surface area contributed by atoms with E-state index < -0.39 is 5.60 Å². The van der Waals surface area contributed by atoms with E-state index in [9.17, 15) is 4.79 Å². The molecule has 1 aromatic rings. The maximum Gasteiger partial charge on any atom is 0.411 e. The van der Waals surface area contributed by atoms with Crippen LogP contribution in [-0.2, 0) is 15.9 Å². The van der Waals surface area contributed by atoms with Gasteiger partial charge in [0.05, 0.1) is 31.5 Å². The third-order valence-corrected chi connectivity index (χ3v) is 3.47. The number of carbonyl (C=O) groups is 1. The Morgan fingerprint density at radius 3 is 3.05 bits per heavy atom. The summed E-state index contributed by atoms with van der Waals surface area (Å²) in [4.78, 5) is 14.2. The Labute approximate surface area is 112 Å². The molecular weight excluding hydrogens is 246 g/mol. The van der Waals surface area contributed by atoms with Crippen LogP contribution >= 0.6 is 0 Å². The molecule has 19 heavy (non-hydrogen) atoms. The Hall–Kier alpha value is -1.56. The molecule has 0 unspecified atom stereocenters. The number of carbonyl (C=O) groups excluding carboxylic acids is 1. The summed E-state index contributed by atoms with van der Waals surface area (Å²) in [6.45, 7) is 6.69. The van der Waals surface area contributed by atoms with Crippen molar-refractivity contribution in [2.45, 2.75) is 44.9 Å². The molecule has 0 spiro atoms. The average molecular weight is 265 g/mol. The fraction of sp³-hybridized carbons (Fsp3) is 0.692. The number of H-pyrrole nitrogens is 1.